The van der Waals surface area contributed by atoms with Gasteiger partial charge in [-0.05, 0) is 23.3 Å². The Labute approximate surface area is 155 Å². The number of nitriles is 1. The van der Waals surface area contributed by atoms with Gasteiger partial charge in [-0.25, -0.2) is 9.98 Å². The molecule has 1 unspecified atom stereocenters. The van der Waals surface area contributed by atoms with Crippen LogP contribution in [-0.2, 0) is 5.75 Å². The van der Waals surface area contributed by atoms with Gasteiger partial charge in [0.05, 0.1) is 11.8 Å². The molecule has 0 radical (unpaired) electrons. The van der Waals surface area contributed by atoms with E-state index in [-0.39, 0.29) is 0 Å². The summed E-state index contributed by atoms with van der Waals surface area (Å²) in [5.74, 6) is 0.138. The third kappa shape index (κ3) is 3.90. The van der Waals surface area contributed by atoms with Crippen molar-refractivity contribution in [2.75, 3.05) is 0 Å². The summed E-state index contributed by atoms with van der Waals surface area (Å²) in [4.78, 5) is 9.25. The lowest BCUT2D eigenvalue weighted by Gasteiger charge is -2.17. The third-order valence-electron chi connectivity index (χ3n) is 3.42. The minimum absolute atomic E-state index is 0.355. The van der Waals surface area contributed by atoms with Crippen molar-refractivity contribution in [3.63, 3.8) is 0 Å². The fourth-order valence-corrected chi connectivity index (χ4v) is 3.47. The summed E-state index contributed by atoms with van der Waals surface area (Å²) < 4.78 is 0. The maximum Gasteiger partial charge on any atom is 0.189 e. The summed E-state index contributed by atoms with van der Waals surface area (Å²) in [5.41, 5.74) is 2.65. The van der Waals surface area contributed by atoms with E-state index < -0.39 is 5.92 Å². The van der Waals surface area contributed by atoms with E-state index in [1.807, 2.05) is 30.3 Å². The normalized spacial score (nSPS) is 17.0. The molecule has 1 heterocycles. The number of halogens is 1. The summed E-state index contributed by atoms with van der Waals surface area (Å²) in [6, 6.07) is 19.5. The van der Waals surface area contributed by atoms with Crippen LogP contribution >= 0.6 is 35.6 Å². The molecule has 0 aliphatic carbocycles. The van der Waals surface area contributed by atoms with Crippen LogP contribution in [-0.4, -0.2) is 15.9 Å². The molecule has 0 aromatic heterocycles. The molecule has 2 aromatic carbocycles. The lowest BCUT2D eigenvalue weighted by atomic mass is 9.97. The van der Waals surface area contributed by atoms with Gasteiger partial charge in [-0.3, -0.25) is 0 Å². The number of rotatable bonds is 3. The third-order valence-corrected chi connectivity index (χ3v) is 4.92. The molecular weight excluding hydrogens is 358 g/mol. The second-order valence-electron chi connectivity index (χ2n) is 5.07. The molecule has 3 rings (SSSR count). The zero-order valence-corrected chi connectivity index (χ0v) is 14.9. The van der Waals surface area contributed by atoms with E-state index in [0.29, 0.717) is 20.9 Å². The Kier molecular flexibility index (Phi) is 5.41. The Morgan fingerprint density at radius 1 is 1.08 bits per heavy atom. The van der Waals surface area contributed by atoms with Gasteiger partial charge in [0.1, 0.15) is 10.9 Å². The zero-order valence-electron chi connectivity index (χ0n) is 12.5. The SMILES string of the molecule is N#CC1C(=S)N=C(SCc2ccccc2)N=C1c1ccc(Cl)cc1. The standard InChI is InChI=1S/C18H12ClN3S2/c19-14-8-6-13(7-9-14)16-15(10-20)17(23)22-18(21-16)24-11-12-4-2-1-3-5-12/h1-9,15H,11H2. The van der Waals surface area contributed by atoms with Crippen LogP contribution < -0.4 is 0 Å². The topological polar surface area (TPSA) is 48.5 Å². The number of hydrogen-bond acceptors (Lipinski definition) is 4. The zero-order chi connectivity index (χ0) is 16.9. The summed E-state index contributed by atoms with van der Waals surface area (Å²) in [6.07, 6.45) is 0. The molecule has 2 aromatic rings. The van der Waals surface area contributed by atoms with Gasteiger partial charge in [0.15, 0.2) is 5.17 Å². The van der Waals surface area contributed by atoms with E-state index in [1.54, 1.807) is 12.1 Å². The van der Waals surface area contributed by atoms with Crippen LogP contribution in [0.1, 0.15) is 11.1 Å². The molecule has 1 aliphatic rings. The minimum Gasteiger partial charge on any atom is -0.225 e. The molecule has 6 heteroatoms. The van der Waals surface area contributed by atoms with Gasteiger partial charge >= 0.3 is 0 Å². The van der Waals surface area contributed by atoms with Crippen molar-refractivity contribution in [3.05, 3.63) is 70.7 Å². The van der Waals surface area contributed by atoms with Crippen molar-refractivity contribution in [1.29, 1.82) is 5.26 Å². The van der Waals surface area contributed by atoms with Crippen molar-refractivity contribution in [2.24, 2.45) is 15.9 Å². The first kappa shape index (κ1) is 16.8. The summed E-state index contributed by atoms with van der Waals surface area (Å²) >= 11 is 12.8. The largest absolute Gasteiger partial charge is 0.225 e. The van der Waals surface area contributed by atoms with Gasteiger partial charge in [-0.1, -0.05) is 78.0 Å². The van der Waals surface area contributed by atoms with Crippen LogP contribution in [0.15, 0.2) is 64.6 Å². The number of amidine groups is 1. The number of nitrogens with zero attached hydrogens (tertiary/aromatic N) is 3. The predicted molar refractivity (Wildman–Crippen MR) is 105 cm³/mol. The number of thiocarbonyl (C=S) groups is 1. The van der Waals surface area contributed by atoms with Crippen molar-refractivity contribution in [3.8, 4) is 6.07 Å². The van der Waals surface area contributed by atoms with E-state index in [2.05, 4.69) is 28.2 Å². The van der Waals surface area contributed by atoms with Crippen LogP contribution in [0.2, 0.25) is 5.02 Å². The van der Waals surface area contributed by atoms with Gasteiger partial charge in [0.25, 0.3) is 0 Å². The number of aliphatic imine (C=N–C) groups is 2. The average molecular weight is 370 g/mol. The maximum absolute atomic E-state index is 9.42. The molecule has 118 valence electrons. The van der Waals surface area contributed by atoms with Crippen molar-refractivity contribution in [1.82, 2.24) is 0 Å². The first-order chi connectivity index (χ1) is 11.7. The average Bonchev–Trinajstić information content (AvgIpc) is 2.61. The molecule has 0 spiro atoms. The van der Waals surface area contributed by atoms with E-state index >= 15 is 0 Å². The highest BCUT2D eigenvalue weighted by molar-refractivity contribution is 8.13. The lowest BCUT2D eigenvalue weighted by Crippen LogP contribution is -2.26. The van der Waals surface area contributed by atoms with Gasteiger partial charge in [0.2, 0.25) is 0 Å². The highest BCUT2D eigenvalue weighted by Crippen LogP contribution is 2.24. The molecule has 0 amide bonds. The van der Waals surface area contributed by atoms with Crippen LogP contribution in [0.4, 0.5) is 0 Å². The van der Waals surface area contributed by atoms with Crippen LogP contribution in [0.3, 0.4) is 0 Å². The fourth-order valence-electron chi connectivity index (χ4n) is 2.22. The monoisotopic (exact) mass is 369 g/mol. The Balaban J connectivity index is 1.86. The molecule has 0 N–H and O–H groups in total. The first-order valence-corrected chi connectivity index (χ1v) is 8.98. The molecule has 0 saturated carbocycles. The Hall–Kier alpha value is -2.00. The molecule has 1 atom stereocenters. The molecule has 0 fully saturated rings. The first-order valence-electron chi connectivity index (χ1n) is 7.21. The Bertz CT molecular complexity index is 852. The van der Waals surface area contributed by atoms with E-state index in [0.717, 1.165) is 11.3 Å². The predicted octanol–water partition coefficient (Wildman–Crippen LogP) is 4.90. The van der Waals surface area contributed by atoms with Gasteiger partial charge < -0.3 is 0 Å². The van der Waals surface area contributed by atoms with Gasteiger partial charge in [-0.15, -0.1) is 0 Å². The second-order valence-corrected chi connectivity index (χ2v) is 6.87. The lowest BCUT2D eigenvalue weighted by molar-refractivity contribution is 1.18. The molecular formula is C18H12ClN3S2. The Morgan fingerprint density at radius 3 is 2.46 bits per heavy atom. The smallest absolute Gasteiger partial charge is 0.189 e. The minimum atomic E-state index is -0.609. The maximum atomic E-state index is 9.42. The van der Waals surface area contributed by atoms with Crippen molar-refractivity contribution >= 4 is 51.4 Å². The summed E-state index contributed by atoms with van der Waals surface area (Å²) in [5, 5.41) is 10.6. The molecule has 0 bridgehead atoms. The second kappa shape index (κ2) is 7.71. The molecule has 3 nitrogen and oxygen atoms in total. The van der Waals surface area contributed by atoms with E-state index in [1.165, 1.54) is 17.3 Å². The van der Waals surface area contributed by atoms with Crippen LogP contribution in [0.5, 0.6) is 0 Å². The van der Waals surface area contributed by atoms with Crippen molar-refractivity contribution < 1.29 is 0 Å². The highest BCUT2D eigenvalue weighted by atomic mass is 35.5. The number of thioether (sulfide) groups is 1. The van der Waals surface area contributed by atoms with Gasteiger partial charge in [-0.2, -0.15) is 5.26 Å². The van der Waals surface area contributed by atoms with Gasteiger partial charge in [0, 0.05) is 10.8 Å². The highest BCUT2D eigenvalue weighted by Gasteiger charge is 2.27. The fraction of sp³-hybridized carbons (Fsp3) is 0.111. The Morgan fingerprint density at radius 2 is 1.79 bits per heavy atom. The quantitative estimate of drug-likeness (QED) is 0.723. The summed E-state index contributed by atoms with van der Waals surface area (Å²) in [6.45, 7) is 0. The number of benzene rings is 2. The van der Waals surface area contributed by atoms with Crippen molar-refractivity contribution in [2.45, 2.75) is 5.75 Å². The molecule has 1 aliphatic heterocycles. The molecule has 24 heavy (non-hydrogen) atoms. The van der Waals surface area contributed by atoms with E-state index in [9.17, 15) is 5.26 Å². The molecule has 0 saturated heterocycles. The number of hydrogen-bond donors (Lipinski definition) is 0. The van der Waals surface area contributed by atoms with E-state index in [4.69, 9.17) is 23.8 Å². The summed E-state index contributed by atoms with van der Waals surface area (Å²) in [7, 11) is 0. The van der Waals surface area contributed by atoms with Crippen LogP contribution in [0, 0.1) is 17.2 Å². The van der Waals surface area contributed by atoms with Crippen LogP contribution in [0.25, 0.3) is 0 Å².